The van der Waals surface area contributed by atoms with Crippen LogP contribution in [0.25, 0.3) is 66.1 Å². The first-order chi connectivity index (χ1) is 21.5. The molecule has 0 atom stereocenters. The molecule has 3 nitrogen and oxygen atoms in total. The molecule has 0 aliphatic carbocycles. The zero-order valence-electron chi connectivity index (χ0n) is 24.1. The minimum Gasteiger partial charge on any atom is -0.308 e. The van der Waals surface area contributed by atoms with Gasteiger partial charge in [-0.3, -0.25) is 0 Å². The third-order valence-electron chi connectivity index (χ3n) is 8.62. The Labute approximate surface area is 252 Å². The first-order valence-electron chi connectivity index (χ1n) is 14.5. The predicted octanol–water partition coefficient (Wildman–Crippen LogP) is 10.3. The van der Waals surface area contributed by atoms with Crippen LogP contribution in [0.3, 0.4) is 0 Å². The van der Waals surface area contributed by atoms with Gasteiger partial charge in [0.2, 0.25) is 0 Å². The van der Waals surface area contributed by atoms with E-state index < -0.39 is 11.6 Å². The number of nitrogens with zero attached hydrogens (tertiary/aromatic N) is 3. The molecule has 0 spiro atoms. The highest BCUT2D eigenvalue weighted by atomic mass is 19.1. The number of halogens is 2. The Morgan fingerprint density at radius 1 is 0.545 bits per heavy atom. The van der Waals surface area contributed by atoms with Crippen molar-refractivity contribution in [2.24, 2.45) is 0 Å². The molecule has 6 aromatic carbocycles. The number of rotatable bonds is 3. The molecular formula is C39H25F2N3. The number of fused-ring (bicyclic) bond motifs is 6. The molecule has 0 N–H and O–H groups in total. The van der Waals surface area contributed by atoms with Gasteiger partial charge >= 0.3 is 0 Å². The van der Waals surface area contributed by atoms with Gasteiger partial charge in [0, 0.05) is 27.1 Å². The topological polar surface area (TPSA) is 33.6 Å². The van der Waals surface area contributed by atoms with Crippen molar-refractivity contribution >= 4 is 43.6 Å². The van der Waals surface area contributed by atoms with Gasteiger partial charge in [0.05, 0.1) is 39.0 Å². The Hall–Kier alpha value is -5.73. The van der Waals surface area contributed by atoms with Crippen LogP contribution in [0.4, 0.5) is 8.78 Å². The smallest absolute Gasteiger partial charge is 0.134 e. The Balaban J connectivity index is 1.59. The molecule has 0 aliphatic rings. The number of hydrogen-bond donors (Lipinski definition) is 0. The van der Waals surface area contributed by atoms with Gasteiger partial charge in [-0.15, -0.1) is 0 Å². The van der Waals surface area contributed by atoms with Crippen molar-refractivity contribution in [1.29, 1.82) is 5.26 Å². The zero-order valence-corrected chi connectivity index (χ0v) is 24.1. The van der Waals surface area contributed by atoms with Crippen molar-refractivity contribution in [3.63, 3.8) is 0 Å². The minimum absolute atomic E-state index is 0.165. The highest BCUT2D eigenvalue weighted by Gasteiger charge is 2.26. The summed E-state index contributed by atoms with van der Waals surface area (Å²) in [5.41, 5.74) is 7.33. The van der Waals surface area contributed by atoms with Crippen LogP contribution in [0.2, 0.25) is 0 Å². The first-order valence-corrected chi connectivity index (χ1v) is 14.5. The van der Waals surface area contributed by atoms with Crippen LogP contribution in [-0.4, -0.2) is 9.13 Å². The Bertz CT molecular complexity index is 2490. The molecule has 8 aromatic rings. The number of hydrogen-bond acceptors (Lipinski definition) is 1. The van der Waals surface area contributed by atoms with Gasteiger partial charge in [0.1, 0.15) is 23.3 Å². The van der Waals surface area contributed by atoms with E-state index in [4.69, 9.17) is 0 Å². The van der Waals surface area contributed by atoms with Gasteiger partial charge in [-0.25, -0.2) is 8.78 Å². The van der Waals surface area contributed by atoms with Crippen molar-refractivity contribution in [1.82, 2.24) is 9.13 Å². The monoisotopic (exact) mass is 573 g/mol. The summed E-state index contributed by atoms with van der Waals surface area (Å²) in [6, 6.07) is 38.4. The summed E-state index contributed by atoms with van der Waals surface area (Å²) in [5.74, 6) is -1.38. The third kappa shape index (κ3) is 3.64. The second-order valence-electron chi connectivity index (χ2n) is 11.3. The summed E-state index contributed by atoms with van der Waals surface area (Å²) in [6.45, 7) is 4.10. The quantitative estimate of drug-likeness (QED) is 0.207. The zero-order chi connectivity index (χ0) is 30.1. The van der Waals surface area contributed by atoms with E-state index in [2.05, 4.69) is 47.9 Å². The molecule has 0 saturated heterocycles. The van der Waals surface area contributed by atoms with E-state index in [1.54, 1.807) is 6.07 Å². The highest BCUT2D eigenvalue weighted by Crippen LogP contribution is 2.43. The number of nitriles is 1. The molecule has 0 aliphatic heterocycles. The average molecular weight is 574 g/mol. The lowest BCUT2D eigenvalue weighted by Gasteiger charge is -2.20. The van der Waals surface area contributed by atoms with Gasteiger partial charge in [-0.05, 0) is 74.5 Å². The molecule has 0 bridgehead atoms. The fourth-order valence-corrected chi connectivity index (χ4v) is 6.74. The third-order valence-corrected chi connectivity index (χ3v) is 8.62. The second-order valence-corrected chi connectivity index (χ2v) is 11.3. The summed E-state index contributed by atoms with van der Waals surface area (Å²) < 4.78 is 35.2. The van der Waals surface area contributed by atoms with E-state index in [9.17, 15) is 5.26 Å². The molecule has 0 unspecified atom stereocenters. The maximum absolute atomic E-state index is 15.6. The Kier molecular flexibility index (Phi) is 5.69. The lowest BCUT2D eigenvalue weighted by Crippen LogP contribution is -2.07. The van der Waals surface area contributed by atoms with Gasteiger partial charge in [0.25, 0.3) is 0 Å². The van der Waals surface area contributed by atoms with E-state index in [0.29, 0.717) is 22.5 Å². The largest absolute Gasteiger partial charge is 0.308 e. The molecule has 2 aromatic heterocycles. The number of aryl methyl sites for hydroxylation is 2. The van der Waals surface area contributed by atoms with Crippen LogP contribution in [0.1, 0.15) is 16.7 Å². The first kappa shape index (κ1) is 25.9. The fraction of sp³-hybridized carbons (Fsp3) is 0.0513. The normalized spacial score (nSPS) is 11.6. The Morgan fingerprint density at radius 3 is 1.66 bits per heavy atom. The van der Waals surface area contributed by atoms with E-state index >= 15 is 8.78 Å². The molecule has 8 rings (SSSR count). The highest BCUT2D eigenvalue weighted by molar-refractivity contribution is 6.12. The van der Waals surface area contributed by atoms with Crippen LogP contribution < -0.4 is 0 Å². The molecule has 0 fully saturated rings. The van der Waals surface area contributed by atoms with Crippen LogP contribution in [0.5, 0.6) is 0 Å². The molecule has 0 amide bonds. The van der Waals surface area contributed by atoms with Gasteiger partial charge in [0.15, 0.2) is 0 Å². The van der Waals surface area contributed by atoms with Crippen molar-refractivity contribution in [2.45, 2.75) is 13.8 Å². The van der Waals surface area contributed by atoms with E-state index in [0.717, 1.165) is 54.7 Å². The van der Waals surface area contributed by atoms with Gasteiger partial charge < -0.3 is 9.13 Å². The summed E-state index contributed by atoms with van der Waals surface area (Å²) in [6.07, 6.45) is 0. The number of aromatic nitrogens is 2. The fourth-order valence-electron chi connectivity index (χ4n) is 6.74. The van der Waals surface area contributed by atoms with Crippen LogP contribution in [-0.2, 0) is 0 Å². The molecule has 5 heteroatoms. The van der Waals surface area contributed by atoms with Crippen LogP contribution in [0, 0.1) is 36.8 Å². The van der Waals surface area contributed by atoms with Crippen LogP contribution >= 0.6 is 0 Å². The Morgan fingerprint density at radius 2 is 1.07 bits per heavy atom. The number of benzene rings is 6. The number of para-hydroxylation sites is 2. The second kappa shape index (κ2) is 9.65. The molecular weight excluding hydrogens is 548 g/mol. The standard InChI is InChI=1S/C39H25F2N3/c1-23-14-17-35-28(20-23)25-8-3-5-12-33(25)43(35)37-19-16-27(38-31(40)10-7-11-32(38)41)39(30(37)22-42)44-34-13-6-4-9-26(34)29-21-24(2)15-18-36(29)44/h3-21H,1-2H3. The summed E-state index contributed by atoms with van der Waals surface area (Å²) in [5, 5.41) is 15.1. The van der Waals surface area contributed by atoms with E-state index in [1.807, 2.05) is 72.2 Å². The minimum atomic E-state index is -0.688. The summed E-state index contributed by atoms with van der Waals surface area (Å²) in [7, 11) is 0. The summed E-state index contributed by atoms with van der Waals surface area (Å²) in [4.78, 5) is 0. The maximum Gasteiger partial charge on any atom is 0.134 e. The molecule has 44 heavy (non-hydrogen) atoms. The molecule has 210 valence electrons. The molecule has 2 heterocycles. The van der Waals surface area contributed by atoms with E-state index in [-0.39, 0.29) is 5.56 Å². The van der Waals surface area contributed by atoms with Gasteiger partial charge in [-0.1, -0.05) is 65.7 Å². The van der Waals surface area contributed by atoms with Crippen LogP contribution in [0.15, 0.2) is 115 Å². The predicted molar refractivity (Wildman–Crippen MR) is 175 cm³/mol. The maximum atomic E-state index is 15.6. The SMILES string of the molecule is Cc1ccc2c(c1)c1ccccc1n2-c1ccc(-c2c(F)cccc2F)c(-n2c3ccccc3c3cc(C)ccc32)c1C#N. The van der Waals surface area contributed by atoms with Gasteiger partial charge in [-0.2, -0.15) is 5.26 Å². The summed E-state index contributed by atoms with van der Waals surface area (Å²) >= 11 is 0. The van der Waals surface area contributed by atoms with Crippen molar-refractivity contribution < 1.29 is 8.78 Å². The lowest BCUT2D eigenvalue weighted by atomic mass is 9.97. The van der Waals surface area contributed by atoms with E-state index in [1.165, 1.54) is 18.2 Å². The van der Waals surface area contributed by atoms with Crippen molar-refractivity contribution in [3.8, 4) is 28.6 Å². The van der Waals surface area contributed by atoms with Crippen molar-refractivity contribution in [3.05, 3.63) is 144 Å². The van der Waals surface area contributed by atoms with Crippen molar-refractivity contribution in [2.75, 3.05) is 0 Å². The molecule has 0 radical (unpaired) electrons. The lowest BCUT2D eigenvalue weighted by molar-refractivity contribution is 0.589. The average Bonchev–Trinajstić information content (AvgIpc) is 3.52. The molecule has 0 saturated carbocycles.